The predicted octanol–water partition coefficient (Wildman–Crippen LogP) is 2.75. The van der Waals surface area contributed by atoms with Crippen molar-refractivity contribution >= 4 is 5.69 Å². The smallest absolute Gasteiger partial charge is 0.272 e. The highest BCUT2D eigenvalue weighted by atomic mass is 19.1. The maximum atomic E-state index is 14.0. The van der Waals surface area contributed by atoms with Gasteiger partial charge in [-0.25, -0.2) is 4.39 Å². The second kappa shape index (κ2) is 6.80. The summed E-state index contributed by atoms with van der Waals surface area (Å²) in [5, 5.41) is 10.7. The van der Waals surface area contributed by atoms with E-state index in [0.717, 1.165) is 44.9 Å². The van der Waals surface area contributed by atoms with Gasteiger partial charge in [-0.05, 0) is 31.7 Å². The van der Waals surface area contributed by atoms with Crippen LogP contribution in [0.2, 0.25) is 0 Å². The number of halogens is 1. The van der Waals surface area contributed by atoms with Crippen LogP contribution < -0.4 is 4.74 Å². The molecule has 1 aromatic carbocycles. The third kappa shape index (κ3) is 3.45. The van der Waals surface area contributed by atoms with Gasteiger partial charge in [0.25, 0.3) is 5.69 Å². The zero-order valence-corrected chi connectivity index (χ0v) is 13.1. The second-order valence-electron chi connectivity index (χ2n) is 6.20. The molecule has 2 heterocycles. The molecule has 2 aliphatic heterocycles. The van der Waals surface area contributed by atoms with E-state index in [4.69, 9.17) is 9.47 Å². The van der Waals surface area contributed by atoms with E-state index in [9.17, 15) is 14.5 Å². The van der Waals surface area contributed by atoms with Crippen molar-refractivity contribution in [3.05, 3.63) is 34.1 Å². The van der Waals surface area contributed by atoms with Crippen molar-refractivity contribution in [2.45, 2.75) is 43.9 Å². The summed E-state index contributed by atoms with van der Waals surface area (Å²) in [6.45, 7) is 1.64. The SMILES string of the molecule is COCCN1[C@@H]2CC[C@H]1C[C@H](Oc1ccc([N+](=O)[O-])cc1F)C2. The summed E-state index contributed by atoms with van der Waals surface area (Å²) < 4.78 is 24.9. The van der Waals surface area contributed by atoms with Gasteiger partial charge in [0, 0.05) is 31.8 Å². The minimum absolute atomic E-state index is 0.0396. The minimum Gasteiger partial charge on any atom is -0.487 e. The van der Waals surface area contributed by atoms with E-state index in [2.05, 4.69) is 4.90 Å². The van der Waals surface area contributed by atoms with E-state index in [-0.39, 0.29) is 17.5 Å². The quantitative estimate of drug-likeness (QED) is 0.595. The van der Waals surface area contributed by atoms with E-state index in [1.54, 1.807) is 7.11 Å². The molecule has 2 saturated heterocycles. The number of hydrogen-bond acceptors (Lipinski definition) is 5. The first-order chi connectivity index (χ1) is 11.1. The molecule has 3 atom stereocenters. The Morgan fingerprint density at radius 3 is 2.61 bits per heavy atom. The fourth-order valence-corrected chi connectivity index (χ4v) is 3.76. The molecule has 0 unspecified atom stereocenters. The molecule has 3 rings (SSSR count). The van der Waals surface area contributed by atoms with Crippen molar-refractivity contribution in [3.63, 3.8) is 0 Å². The number of nitrogens with zero attached hydrogens (tertiary/aromatic N) is 2. The number of methoxy groups -OCH3 is 1. The summed E-state index contributed by atoms with van der Waals surface area (Å²) in [5.74, 6) is -0.571. The van der Waals surface area contributed by atoms with Crippen LogP contribution in [0.1, 0.15) is 25.7 Å². The lowest BCUT2D eigenvalue weighted by atomic mass is 9.99. The van der Waals surface area contributed by atoms with Gasteiger partial charge < -0.3 is 9.47 Å². The fourth-order valence-electron chi connectivity index (χ4n) is 3.76. The number of ether oxygens (including phenoxy) is 2. The van der Waals surface area contributed by atoms with E-state index >= 15 is 0 Å². The van der Waals surface area contributed by atoms with Crippen molar-refractivity contribution in [2.75, 3.05) is 20.3 Å². The minimum atomic E-state index is -0.673. The van der Waals surface area contributed by atoms with E-state index in [1.165, 1.54) is 12.1 Å². The molecule has 0 aromatic heterocycles. The number of piperidine rings is 1. The van der Waals surface area contributed by atoms with Crippen LogP contribution in [0.4, 0.5) is 10.1 Å². The average molecular weight is 324 g/mol. The molecule has 0 saturated carbocycles. The van der Waals surface area contributed by atoms with Crippen LogP contribution in [0.15, 0.2) is 18.2 Å². The van der Waals surface area contributed by atoms with Crippen LogP contribution in [-0.4, -0.2) is 48.3 Å². The molecular formula is C16H21FN2O4. The lowest BCUT2D eigenvalue weighted by molar-refractivity contribution is -0.385. The summed E-state index contributed by atoms with van der Waals surface area (Å²) in [5.41, 5.74) is -0.260. The number of nitro benzene ring substituents is 1. The lowest BCUT2D eigenvalue weighted by Gasteiger charge is -2.38. The molecule has 0 aliphatic carbocycles. The maximum absolute atomic E-state index is 14.0. The molecular weight excluding hydrogens is 303 g/mol. The molecule has 7 heteroatoms. The zero-order chi connectivity index (χ0) is 16.4. The highest BCUT2D eigenvalue weighted by Crippen LogP contribution is 2.37. The van der Waals surface area contributed by atoms with E-state index in [1.807, 2.05) is 0 Å². The van der Waals surface area contributed by atoms with Crippen molar-refractivity contribution in [3.8, 4) is 5.75 Å². The topological polar surface area (TPSA) is 64.8 Å². The zero-order valence-electron chi connectivity index (χ0n) is 13.1. The Morgan fingerprint density at radius 1 is 1.35 bits per heavy atom. The molecule has 2 fully saturated rings. The van der Waals surface area contributed by atoms with Gasteiger partial charge in [-0.15, -0.1) is 0 Å². The number of benzene rings is 1. The number of hydrogen-bond donors (Lipinski definition) is 0. The maximum Gasteiger partial charge on any atom is 0.272 e. The van der Waals surface area contributed by atoms with Gasteiger partial charge in [0.1, 0.15) is 6.10 Å². The normalized spacial score (nSPS) is 27.1. The monoisotopic (exact) mass is 324 g/mol. The van der Waals surface area contributed by atoms with Gasteiger partial charge in [-0.1, -0.05) is 0 Å². The van der Waals surface area contributed by atoms with Gasteiger partial charge in [0.2, 0.25) is 0 Å². The van der Waals surface area contributed by atoms with Gasteiger partial charge in [-0.3, -0.25) is 15.0 Å². The predicted molar refractivity (Wildman–Crippen MR) is 82.1 cm³/mol. The Bertz CT molecular complexity index is 569. The van der Waals surface area contributed by atoms with E-state index in [0.29, 0.717) is 12.1 Å². The van der Waals surface area contributed by atoms with Gasteiger partial charge in [0.15, 0.2) is 11.6 Å². The van der Waals surface area contributed by atoms with Gasteiger partial charge >= 0.3 is 0 Å². The third-order valence-corrected chi connectivity index (χ3v) is 4.81. The number of rotatable bonds is 6. The standard InChI is InChI=1S/C16H21FN2O4/c1-22-7-6-18-11-2-3-12(18)9-14(8-11)23-16-5-4-13(19(20)21)10-15(16)17/h4-5,10-12,14H,2-3,6-9H2,1H3/t11-,12+,14-. The van der Waals surface area contributed by atoms with Crippen molar-refractivity contribution in [1.82, 2.24) is 4.90 Å². The summed E-state index contributed by atoms with van der Waals surface area (Å²) >= 11 is 0. The van der Waals surface area contributed by atoms with Crippen LogP contribution in [0.25, 0.3) is 0 Å². The Morgan fingerprint density at radius 2 is 2.04 bits per heavy atom. The number of fused-ring (bicyclic) bond motifs is 2. The van der Waals surface area contributed by atoms with Crippen LogP contribution in [-0.2, 0) is 4.74 Å². The molecule has 0 amide bonds. The molecule has 2 bridgehead atoms. The molecule has 23 heavy (non-hydrogen) atoms. The average Bonchev–Trinajstić information content (AvgIpc) is 2.76. The van der Waals surface area contributed by atoms with Crippen LogP contribution in [0, 0.1) is 15.9 Å². The highest BCUT2D eigenvalue weighted by molar-refractivity contribution is 5.37. The first kappa shape index (κ1) is 16.1. The largest absolute Gasteiger partial charge is 0.487 e. The fraction of sp³-hybridized carbons (Fsp3) is 0.625. The third-order valence-electron chi connectivity index (χ3n) is 4.81. The van der Waals surface area contributed by atoms with Gasteiger partial charge in [0.05, 0.1) is 17.6 Å². The van der Waals surface area contributed by atoms with Crippen LogP contribution in [0.5, 0.6) is 5.75 Å². The summed E-state index contributed by atoms with van der Waals surface area (Å²) in [7, 11) is 1.70. The number of non-ortho nitro benzene ring substituents is 1. The first-order valence-electron chi connectivity index (χ1n) is 7.93. The van der Waals surface area contributed by atoms with Crippen molar-refractivity contribution in [1.29, 1.82) is 0 Å². The molecule has 0 spiro atoms. The van der Waals surface area contributed by atoms with Crippen LogP contribution in [0.3, 0.4) is 0 Å². The molecule has 0 radical (unpaired) electrons. The molecule has 1 aromatic rings. The van der Waals surface area contributed by atoms with E-state index < -0.39 is 10.7 Å². The Hall–Kier alpha value is -1.73. The lowest BCUT2D eigenvalue weighted by Crippen LogP contribution is -2.47. The summed E-state index contributed by atoms with van der Waals surface area (Å²) in [6, 6.07) is 4.45. The Balaban J connectivity index is 1.63. The first-order valence-corrected chi connectivity index (χ1v) is 7.93. The molecule has 6 nitrogen and oxygen atoms in total. The second-order valence-corrected chi connectivity index (χ2v) is 6.20. The summed E-state index contributed by atoms with van der Waals surface area (Å²) in [6.07, 6.45) is 3.95. The molecule has 0 N–H and O–H groups in total. The molecule has 2 aliphatic rings. The highest BCUT2D eigenvalue weighted by Gasteiger charge is 2.41. The van der Waals surface area contributed by atoms with Gasteiger partial charge in [-0.2, -0.15) is 0 Å². The summed E-state index contributed by atoms with van der Waals surface area (Å²) in [4.78, 5) is 12.5. The Labute approximate surface area is 134 Å². The molecule has 126 valence electrons. The Kier molecular flexibility index (Phi) is 4.77. The van der Waals surface area contributed by atoms with Crippen LogP contribution >= 0.6 is 0 Å². The van der Waals surface area contributed by atoms with Crippen molar-refractivity contribution < 1.29 is 18.8 Å². The number of nitro groups is 1. The van der Waals surface area contributed by atoms with Crippen molar-refractivity contribution in [2.24, 2.45) is 0 Å².